The Morgan fingerprint density at radius 3 is 2.72 bits per heavy atom. The summed E-state index contributed by atoms with van der Waals surface area (Å²) in [5.41, 5.74) is 1.84. The second-order valence-corrected chi connectivity index (χ2v) is 7.72. The Morgan fingerprint density at radius 2 is 2.00 bits per heavy atom. The van der Waals surface area contributed by atoms with Crippen LogP contribution < -0.4 is 10.9 Å². The number of rotatable bonds is 9. The molecule has 0 saturated carbocycles. The van der Waals surface area contributed by atoms with E-state index in [1.54, 1.807) is 11.8 Å². The molecule has 7 heteroatoms. The molecule has 0 unspecified atom stereocenters. The first-order chi connectivity index (χ1) is 12.1. The fourth-order valence-electron chi connectivity index (χ4n) is 2.11. The molecule has 1 heterocycles. The zero-order valence-corrected chi connectivity index (χ0v) is 16.1. The molecule has 2 aromatic rings. The number of thioether (sulfide) groups is 2. The average molecular weight is 378 g/mol. The lowest BCUT2D eigenvalue weighted by molar-refractivity contribution is -0.118. The van der Waals surface area contributed by atoms with E-state index in [1.807, 2.05) is 6.92 Å². The number of aromatic nitrogens is 2. The summed E-state index contributed by atoms with van der Waals surface area (Å²) in [7, 11) is 0. The maximum atomic E-state index is 11.9. The predicted octanol–water partition coefficient (Wildman–Crippen LogP) is 3.03. The van der Waals surface area contributed by atoms with Gasteiger partial charge >= 0.3 is 0 Å². The molecule has 134 valence electrons. The van der Waals surface area contributed by atoms with Gasteiger partial charge in [-0.15, -0.1) is 11.8 Å². The first kappa shape index (κ1) is 19.6. The molecule has 25 heavy (non-hydrogen) atoms. The van der Waals surface area contributed by atoms with Crippen molar-refractivity contribution in [2.75, 3.05) is 18.1 Å². The Balaban J connectivity index is 1.70. The standard InChI is InChI=1S/C18H23N3O2S2/c1-3-4-14-11-16(22)21-18(20-14)25-12-17(23)19-9-10-24-15-7-5-13(2)6-8-15/h5-8,11H,3-4,9-10,12H2,1-2H3,(H,19,23)(H,20,21,22). The lowest BCUT2D eigenvalue weighted by Gasteiger charge is -2.06. The fourth-order valence-corrected chi connectivity index (χ4v) is 3.61. The summed E-state index contributed by atoms with van der Waals surface area (Å²) in [6.45, 7) is 4.71. The van der Waals surface area contributed by atoms with Crippen molar-refractivity contribution >= 4 is 29.4 Å². The van der Waals surface area contributed by atoms with Crippen LogP contribution in [-0.4, -0.2) is 33.9 Å². The first-order valence-electron chi connectivity index (χ1n) is 8.26. The summed E-state index contributed by atoms with van der Waals surface area (Å²) < 4.78 is 0. The lowest BCUT2D eigenvalue weighted by atomic mass is 10.2. The zero-order valence-electron chi connectivity index (χ0n) is 14.5. The van der Waals surface area contributed by atoms with Crippen molar-refractivity contribution in [3.63, 3.8) is 0 Å². The van der Waals surface area contributed by atoms with Gasteiger partial charge in [0.25, 0.3) is 5.56 Å². The Labute approximate surface area is 156 Å². The number of amides is 1. The molecule has 0 saturated heterocycles. The number of benzene rings is 1. The van der Waals surface area contributed by atoms with E-state index in [9.17, 15) is 9.59 Å². The van der Waals surface area contributed by atoms with Gasteiger partial charge < -0.3 is 10.3 Å². The van der Waals surface area contributed by atoms with E-state index >= 15 is 0 Å². The number of nitrogens with one attached hydrogen (secondary N) is 2. The summed E-state index contributed by atoms with van der Waals surface area (Å²) >= 11 is 2.97. The second kappa shape index (κ2) is 10.3. The first-order valence-corrected chi connectivity index (χ1v) is 10.2. The normalized spacial score (nSPS) is 10.6. The second-order valence-electron chi connectivity index (χ2n) is 5.59. The van der Waals surface area contributed by atoms with E-state index in [0.717, 1.165) is 24.3 Å². The van der Waals surface area contributed by atoms with Crippen LogP contribution in [0.25, 0.3) is 0 Å². The number of nitrogens with zero attached hydrogens (tertiary/aromatic N) is 1. The van der Waals surface area contributed by atoms with Crippen molar-refractivity contribution < 1.29 is 4.79 Å². The molecule has 0 aliphatic heterocycles. The molecular weight excluding hydrogens is 354 g/mol. The van der Waals surface area contributed by atoms with Crippen LogP contribution in [-0.2, 0) is 11.2 Å². The molecule has 0 fully saturated rings. The van der Waals surface area contributed by atoms with Crippen LogP contribution in [0.4, 0.5) is 0 Å². The van der Waals surface area contributed by atoms with E-state index in [4.69, 9.17) is 0 Å². The van der Waals surface area contributed by atoms with Gasteiger partial charge in [-0.2, -0.15) is 0 Å². The predicted molar refractivity (Wildman–Crippen MR) is 104 cm³/mol. The Kier molecular flexibility index (Phi) is 8.08. The van der Waals surface area contributed by atoms with Crippen molar-refractivity contribution in [1.29, 1.82) is 0 Å². The van der Waals surface area contributed by atoms with Crippen LogP contribution in [0.3, 0.4) is 0 Å². The van der Waals surface area contributed by atoms with Gasteiger partial charge in [0.2, 0.25) is 5.91 Å². The number of H-pyrrole nitrogens is 1. The molecule has 0 bridgehead atoms. The maximum absolute atomic E-state index is 11.9. The monoisotopic (exact) mass is 377 g/mol. The van der Waals surface area contributed by atoms with Gasteiger partial charge in [0.1, 0.15) is 0 Å². The van der Waals surface area contributed by atoms with Gasteiger partial charge in [0, 0.05) is 29.0 Å². The van der Waals surface area contributed by atoms with Gasteiger partial charge in [0.05, 0.1) is 5.75 Å². The van der Waals surface area contributed by atoms with Crippen LogP contribution in [0.5, 0.6) is 0 Å². The van der Waals surface area contributed by atoms with Crippen LogP contribution in [0.1, 0.15) is 24.6 Å². The van der Waals surface area contributed by atoms with E-state index < -0.39 is 0 Å². The van der Waals surface area contributed by atoms with Gasteiger partial charge in [-0.3, -0.25) is 9.59 Å². The van der Waals surface area contributed by atoms with Crippen molar-refractivity contribution in [2.45, 2.75) is 36.7 Å². The molecule has 2 N–H and O–H groups in total. The molecule has 1 aromatic heterocycles. The van der Waals surface area contributed by atoms with E-state index in [0.29, 0.717) is 11.7 Å². The van der Waals surface area contributed by atoms with Gasteiger partial charge in [-0.05, 0) is 25.5 Å². The molecule has 0 atom stereocenters. The minimum absolute atomic E-state index is 0.0574. The lowest BCUT2D eigenvalue weighted by Crippen LogP contribution is -2.27. The molecule has 1 amide bonds. The van der Waals surface area contributed by atoms with Gasteiger partial charge in [-0.25, -0.2) is 4.98 Å². The van der Waals surface area contributed by atoms with E-state index in [2.05, 4.69) is 46.5 Å². The van der Waals surface area contributed by atoms with Gasteiger partial charge in [0.15, 0.2) is 5.16 Å². The molecule has 1 aromatic carbocycles. The summed E-state index contributed by atoms with van der Waals surface area (Å²) in [6, 6.07) is 9.85. The fraction of sp³-hybridized carbons (Fsp3) is 0.389. The largest absolute Gasteiger partial charge is 0.355 e. The number of hydrogen-bond donors (Lipinski definition) is 2. The van der Waals surface area contributed by atoms with E-state index in [-0.39, 0.29) is 17.2 Å². The number of carbonyl (C=O) groups is 1. The highest BCUT2D eigenvalue weighted by atomic mass is 32.2. The highest BCUT2D eigenvalue weighted by Crippen LogP contribution is 2.17. The summed E-state index contributed by atoms with van der Waals surface area (Å²) in [5.74, 6) is 1.01. The average Bonchev–Trinajstić information content (AvgIpc) is 2.58. The van der Waals surface area contributed by atoms with Crippen molar-refractivity contribution in [2.24, 2.45) is 0 Å². The van der Waals surface area contributed by atoms with Crippen molar-refractivity contribution in [3.05, 3.63) is 51.9 Å². The van der Waals surface area contributed by atoms with Crippen molar-refractivity contribution in [3.8, 4) is 0 Å². The minimum atomic E-state index is -0.171. The molecule has 2 rings (SSSR count). The third kappa shape index (κ3) is 7.36. The highest BCUT2D eigenvalue weighted by Gasteiger charge is 2.06. The quantitative estimate of drug-likeness (QED) is 0.399. The van der Waals surface area contributed by atoms with Crippen LogP contribution >= 0.6 is 23.5 Å². The van der Waals surface area contributed by atoms with Crippen LogP contribution in [0.15, 0.2) is 45.2 Å². The molecular formula is C18H23N3O2S2. The zero-order chi connectivity index (χ0) is 18.1. The minimum Gasteiger partial charge on any atom is -0.355 e. The molecule has 0 aliphatic rings. The Morgan fingerprint density at radius 1 is 1.24 bits per heavy atom. The summed E-state index contributed by atoms with van der Waals surface area (Å²) in [4.78, 5) is 31.7. The topological polar surface area (TPSA) is 74.8 Å². The summed E-state index contributed by atoms with van der Waals surface area (Å²) in [6.07, 6.45) is 1.69. The molecule has 0 aliphatic carbocycles. The molecule has 0 spiro atoms. The number of hydrogen-bond acceptors (Lipinski definition) is 5. The molecule has 5 nitrogen and oxygen atoms in total. The number of carbonyl (C=O) groups excluding carboxylic acids is 1. The maximum Gasteiger partial charge on any atom is 0.251 e. The summed E-state index contributed by atoms with van der Waals surface area (Å²) in [5, 5.41) is 3.39. The van der Waals surface area contributed by atoms with Crippen LogP contribution in [0, 0.1) is 6.92 Å². The van der Waals surface area contributed by atoms with E-state index in [1.165, 1.54) is 28.3 Å². The number of aryl methyl sites for hydroxylation is 2. The SMILES string of the molecule is CCCc1cc(=O)[nH]c(SCC(=O)NCCSc2ccc(C)cc2)n1. The third-order valence-electron chi connectivity index (χ3n) is 3.33. The number of aromatic amines is 1. The smallest absolute Gasteiger partial charge is 0.251 e. The highest BCUT2D eigenvalue weighted by molar-refractivity contribution is 7.99. The van der Waals surface area contributed by atoms with Gasteiger partial charge in [-0.1, -0.05) is 42.8 Å². The Bertz CT molecular complexity index is 745. The Hall–Kier alpha value is -1.73. The van der Waals surface area contributed by atoms with Crippen molar-refractivity contribution in [1.82, 2.24) is 15.3 Å². The van der Waals surface area contributed by atoms with Crippen LogP contribution in [0.2, 0.25) is 0 Å². The third-order valence-corrected chi connectivity index (χ3v) is 5.22. The molecule has 0 radical (unpaired) electrons.